The lowest BCUT2D eigenvalue weighted by atomic mass is 9.91. The van der Waals surface area contributed by atoms with Crippen LogP contribution in [0.1, 0.15) is 30.5 Å². The first-order chi connectivity index (χ1) is 12.7. The molecule has 0 aliphatic heterocycles. The topological polar surface area (TPSA) is 73.8 Å². The van der Waals surface area contributed by atoms with Gasteiger partial charge in [0.05, 0.1) is 6.54 Å². The van der Waals surface area contributed by atoms with Gasteiger partial charge in [-0.15, -0.1) is 46.7 Å². The minimum Gasteiger partial charge on any atom is -0.357 e. The predicted octanol–water partition coefficient (Wildman–Crippen LogP) is 3.71. The molecule has 2 aromatic heterocycles. The molecular formula is C18H29IN4O2S3. The van der Waals surface area contributed by atoms with E-state index in [2.05, 4.69) is 47.0 Å². The van der Waals surface area contributed by atoms with Crippen LogP contribution in [0.2, 0.25) is 0 Å². The fraction of sp³-hybridized carbons (Fsp3) is 0.500. The maximum Gasteiger partial charge on any atom is 0.252 e. The molecule has 2 rings (SSSR count). The standard InChI is InChI=1S/C18H28N4O2S3.HI/c1-6-19-17(21-13-18(2,3)15-8-7-11-25-15)20-12-14-9-10-16(26-14)27(23,24)22(4)5;/h7-11H,6,12-13H2,1-5H3,(H2,19,20,21);1H. The van der Waals surface area contributed by atoms with Crippen LogP contribution >= 0.6 is 46.7 Å². The summed E-state index contributed by atoms with van der Waals surface area (Å²) in [7, 11) is -0.312. The fourth-order valence-corrected chi connectivity index (χ4v) is 5.62. The van der Waals surface area contributed by atoms with Crippen molar-refractivity contribution in [3.8, 4) is 0 Å². The summed E-state index contributed by atoms with van der Waals surface area (Å²) in [5.74, 6) is 0.729. The Bertz CT molecular complexity index is 859. The van der Waals surface area contributed by atoms with Gasteiger partial charge in [0.1, 0.15) is 4.21 Å². The van der Waals surface area contributed by atoms with E-state index in [9.17, 15) is 8.42 Å². The molecule has 0 saturated carbocycles. The molecule has 0 aliphatic rings. The zero-order chi connectivity index (χ0) is 20.1. The van der Waals surface area contributed by atoms with E-state index in [-0.39, 0.29) is 29.4 Å². The molecule has 2 N–H and O–H groups in total. The monoisotopic (exact) mass is 556 g/mol. The number of nitrogens with one attached hydrogen (secondary N) is 2. The summed E-state index contributed by atoms with van der Waals surface area (Å²) in [5, 5.41) is 8.73. The highest BCUT2D eigenvalue weighted by atomic mass is 127. The molecule has 0 radical (unpaired) electrons. The Hall–Kier alpha value is -0.690. The second-order valence-electron chi connectivity index (χ2n) is 6.92. The van der Waals surface area contributed by atoms with Gasteiger partial charge < -0.3 is 10.6 Å². The second-order valence-corrected chi connectivity index (χ2v) is 11.4. The molecule has 0 atom stereocenters. The lowest BCUT2D eigenvalue weighted by molar-refractivity contribution is 0.518. The molecule has 2 heterocycles. The van der Waals surface area contributed by atoms with Gasteiger partial charge in [-0.3, -0.25) is 0 Å². The first kappa shape index (κ1) is 25.3. The number of hydrogen-bond donors (Lipinski definition) is 2. The van der Waals surface area contributed by atoms with Crippen LogP contribution in [0.5, 0.6) is 0 Å². The van der Waals surface area contributed by atoms with Gasteiger partial charge in [0.25, 0.3) is 10.0 Å². The van der Waals surface area contributed by atoms with E-state index < -0.39 is 10.0 Å². The summed E-state index contributed by atoms with van der Waals surface area (Å²) in [6, 6.07) is 7.68. The summed E-state index contributed by atoms with van der Waals surface area (Å²) in [6.07, 6.45) is 0. The summed E-state index contributed by atoms with van der Waals surface area (Å²) in [6.45, 7) is 8.37. The van der Waals surface area contributed by atoms with Crippen molar-refractivity contribution in [2.75, 3.05) is 27.2 Å². The molecule has 0 aliphatic carbocycles. The van der Waals surface area contributed by atoms with Crippen molar-refractivity contribution in [1.29, 1.82) is 0 Å². The van der Waals surface area contributed by atoms with Crippen LogP contribution in [0, 0.1) is 0 Å². The Morgan fingerprint density at radius 2 is 1.93 bits per heavy atom. The van der Waals surface area contributed by atoms with Gasteiger partial charge in [0.15, 0.2) is 5.96 Å². The maximum atomic E-state index is 12.2. The largest absolute Gasteiger partial charge is 0.357 e. The highest BCUT2D eigenvalue weighted by Crippen LogP contribution is 2.27. The van der Waals surface area contributed by atoms with Crippen LogP contribution in [0.15, 0.2) is 38.8 Å². The number of nitrogens with zero attached hydrogens (tertiary/aromatic N) is 2. The zero-order valence-corrected chi connectivity index (χ0v) is 21.6. The highest BCUT2D eigenvalue weighted by Gasteiger charge is 2.22. The normalized spacial score (nSPS) is 12.7. The van der Waals surface area contributed by atoms with Crippen molar-refractivity contribution >= 4 is 62.6 Å². The van der Waals surface area contributed by atoms with Gasteiger partial charge in [-0.25, -0.2) is 17.7 Å². The van der Waals surface area contributed by atoms with Crippen LogP contribution in [0.3, 0.4) is 0 Å². The average molecular weight is 557 g/mol. The quantitative estimate of drug-likeness (QED) is 0.296. The van der Waals surface area contributed by atoms with Crippen molar-refractivity contribution in [2.24, 2.45) is 4.99 Å². The Morgan fingerprint density at radius 1 is 1.21 bits per heavy atom. The molecule has 0 spiro atoms. The number of aliphatic imine (C=N–C) groups is 1. The minimum absolute atomic E-state index is 0. The first-order valence-corrected chi connectivity index (χ1v) is 11.9. The van der Waals surface area contributed by atoms with E-state index in [1.165, 1.54) is 34.6 Å². The molecule has 0 fully saturated rings. The van der Waals surface area contributed by atoms with E-state index >= 15 is 0 Å². The second kappa shape index (κ2) is 10.9. The van der Waals surface area contributed by atoms with Crippen molar-refractivity contribution in [3.05, 3.63) is 39.4 Å². The van der Waals surface area contributed by atoms with Gasteiger partial charge in [-0.2, -0.15) is 0 Å². The van der Waals surface area contributed by atoms with Crippen molar-refractivity contribution in [1.82, 2.24) is 14.9 Å². The average Bonchev–Trinajstić information content (AvgIpc) is 3.29. The smallest absolute Gasteiger partial charge is 0.252 e. The Kier molecular flexibility index (Phi) is 9.87. The lowest BCUT2D eigenvalue weighted by Crippen LogP contribution is -2.43. The zero-order valence-electron chi connectivity index (χ0n) is 16.9. The number of rotatable bonds is 8. The molecule has 158 valence electrons. The third kappa shape index (κ3) is 6.68. The van der Waals surface area contributed by atoms with E-state index in [4.69, 9.17) is 0 Å². The Morgan fingerprint density at radius 3 is 2.50 bits per heavy atom. The number of sulfonamides is 1. The molecule has 0 bridgehead atoms. The summed E-state index contributed by atoms with van der Waals surface area (Å²) in [4.78, 5) is 6.84. The van der Waals surface area contributed by atoms with Gasteiger partial charge in [0.2, 0.25) is 0 Å². The summed E-state index contributed by atoms with van der Waals surface area (Å²) >= 11 is 3.01. The highest BCUT2D eigenvalue weighted by molar-refractivity contribution is 14.0. The third-order valence-electron chi connectivity index (χ3n) is 4.00. The molecule has 10 heteroatoms. The van der Waals surface area contributed by atoms with Gasteiger partial charge in [-0.1, -0.05) is 19.9 Å². The fourth-order valence-electron chi connectivity index (χ4n) is 2.32. The summed E-state index contributed by atoms with van der Waals surface area (Å²) in [5.41, 5.74) is 0.000247. The van der Waals surface area contributed by atoms with Crippen molar-refractivity contribution < 1.29 is 8.42 Å². The van der Waals surface area contributed by atoms with Crippen LogP contribution in [-0.4, -0.2) is 45.9 Å². The third-order valence-corrected chi connectivity index (χ3v) is 8.58. The molecule has 0 unspecified atom stereocenters. The molecule has 28 heavy (non-hydrogen) atoms. The first-order valence-electron chi connectivity index (χ1n) is 8.74. The molecule has 6 nitrogen and oxygen atoms in total. The van der Waals surface area contributed by atoms with E-state index in [0.29, 0.717) is 10.8 Å². The lowest BCUT2D eigenvalue weighted by Gasteiger charge is -2.25. The molecule has 0 aromatic carbocycles. The van der Waals surface area contributed by atoms with Crippen LogP contribution in [-0.2, 0) is 22.0 Å². The van der Waals surface area contributed by atoms with Gasteiger partial charge in [0, 0.05) is 42.4 Å². The number of guanidine groups is 1. The number of hydrogen-bond acceptors (Lipinski definition) is 5. The van der Waals surface area contributed by atoms with Gasteiger partial charge >= 0.3 is 0 Å². The predicted molar refractivity (Wildman–Crippen MR) is 131 cm³/mol. The van der Waals surface area contributed by atoms with Crippen molar-refractivity contribution in [2.45, 2.75) is 36.9 Å². The molecular weight excluding hydrogens is 527 g/mol. The van der Waals surface area contributed by atoms with E-state index in [0.717, 1.165) is 23.9 Å². The Balaban J connectivity index is 0.00000392. The SMILES string of the molecule is CCNC(=NCc1ccc(S(=O)(=O)N(C)C)s1)NCC(C)(C)c1cccs1.I. The van der Waals surface area contributed by atoms with Crippen molar-refractivity contribution in [3.63, 3.8) is 0 Å². The maximum absolute atomic E-state index is 12.2. The van der Waals surface area contributed by atoms with E-state index in [1.807, 2.05) is 13.0 Å². The molecule has 0 saturated heterocycles. The molecule has 2 aromatic rings. The molecule has 0 amide bonds. The Labute approximate surface area is 193 Å². The minimum atomic E-state index is -3.39. The van der Waals surface area contributed by atoms with Crippen LogP contribution in [0.25, 0.3) is 0 Å². The number of thiophene rings is 2. The summed E-state index contributed by atoms with van der Waals surface area (Å²) < 4.78 is 25.9. The number of halogens is 1. The van der Waals surface area contributed by atoms with Crippen LogP contribution in [0.4, 0.5) is 0 Å². The van der Waals surface area contributed by atoms with Crippen LogP contribution < -0.4 is 10.6 Å². The van der Waals surface area contributed by atoms with E-state index in [1.54, 1.807) is 17.4 Å². The van der Waals surface area contributed by atoms with Gasteiger partial charge in [-0.05, 0) is 30.5 Å².